The lowest BCUT2D eigenvalue weighted by Gasteiger charge is -2.40. The molecule has 16 heteroatoms. The van der Waals surface area contributed by atoms with Crippen LogP contribution in [0.2, 0.25) is 0 Å². The van der Waals surface area contributed by atoms with Crippen LogP contribution in [0, 0.1) is 17.3 Å². The van der Waals surface area contributed by atoms with Gasteiger partial charge in [0.05, 0.1) is 13.2 Å². The molecule has 0 saturated heterocycles. The Hall–Kier alpha value is -0.260. The van der Waals surface area contributed by atoms with E-state index >= 15 is 0 Å². The van der Waals surface area contributed by atoms with Gasteiger partial charge in [-0.1, -0.05) is 22.6 Å². The summed E-state index contributed by atoms with van der Waals surface area (Å²) >= 11 is 1.69. The van der Waals surface area contributed by atoms with E-state index in [9.17, 15) is 57.1 Å². The van der Waals surface area contributed by atoms with Crippen molar-refractivity contribution >= 4 is 22.6 Å². The van der Waals surface area contributed by atoms with Crippen LogP contribution in [0.5, 0.6) is 0 Å². The molecule has 0 aromatic heterocycles. The number of alkyl halides is 14. The molecule has 1 saturated carbocycles. The first-order chi connectivity index (χ1) is 14.6. The minimum Gasteiger partial charge on any atom is -0.384 e. The Morgan fingerprint density at radius 3 is 1.42 bits per heavy atom. The van der Waals surface area contributed by atoms with Crippen LogP contribution < -0.4 is 0 Å². The Kier molecular flexibility index (Phi) is 9.00. The maximum atomic E-state index is 14.3. The fourth-order valence-electron chi connectivity index (χ4n) is 4.10. The van der Waals surface area contributed by atoms with Crippen molar-refractivity contribution in [2.45, 2.75) is 55.1 Å². The van der Waals surface area contributed by atoms with Gasteiger partial charge in [-0.25, -0.2) is 0 Å². The third-order valence-electron chi connectivity index (χ3n) is 5.67. The molecule has 198 valence electrons. The highest BCUT2D eigenvalue weighted by atomic mass is 127. The van der Waals surface area contributed by atoms with Crippen LogP contribution in [0.25, 0.3) is 0 Å². The normalized spacial score (nSPS) is 23.3. The number of ether oxygens (including phenoxy) is 2. The summed E-state index contributed by atoms with van der Waals surface area (Å²) in [6.45, 7) is -0.225. The van der Waals surface area contributed by atoms with Crippen LogP contribution in [0.15, 0.2) is 0 Å². The lowest BCUT2D eigenvalue weighted by Crippen LogP contribution is -2.70. The third-order valence-corrected chi connectivity index (χ3v) is 6.80. The Labute approximate surface area is 193 Å². The zero-order valence-electron chi connectivity index (χ0n) is 17.0. The second kappa shape index (κ2) is 9.65. The average Bonchev–Trinajstić information content (AvgIpc) is 2.97. The van der Waals surface area contributed by atoms with Gasteiger partial charge in [-0.2, -0.15) is 57.1 Å². The summed E-state index contributed by atoms with van der Waals surface area (Å²) in [5.41, 5.74) is -1.01. The third kappa shape index (κ3) is 5.16. The lowest BCUT2D eigenvalue weighted by atomic mass is 9.84. The minimum atomic E-state index is -7.88. The van der Waals surface area contributed by atoms with Crippen LogP contribution in [0.1, 0.15) is 19.3 Å². The smallest absolute Gasteiger partial charge is 0.384 e. The van der Waals surface area contributed by atoms with E-state index in [-0.39, 0.29) is 30.5 Å². The first-order valence-electron chi connectivity index (χ1n) is 9.10. The highest BCUT2D eigenvalue weighted by Crippen LogP contribution is 2.62. The number of halogens is 14. The van der Waals surface area contributed by atoms with Crippen molar-refractivity contribution in [3.8, 4) is 0 Å². The largest absolute Gasteiger partial charge is 0.460 e. The Morgan fingerprint density at radius 2 is 1.06 bits per heavy atom. The Balaban J connectivity index is 3.35. The molecule has 33 heavy (non-hydrogen) atoms. The molecule has 0 aliphatic heterocycles. The summed E-state index contributed by atoms with van der Waals surface area (Å²) < 4.78 is 183. The molecule has 0 N–H and O–H groups in total. The van der Waals surface area contributed by atoms with Crippen LogP contribution in [-0.4, -0.2) is 67.6 Å². The molecule has 0 spiro atoms. The van der Waals surface area contributed by atoms with Gasteiger partial charge in [0.25, 0.3) is 0 Å². The molecule has 1 fully saturated rings. The molecule has 1 rings (SSSR count). The number of methoxy groups -OCH3 is 2. The average molecular weight is 630 g/mol. The van der Waals surface area contributed by atoms with Gasteiger partial charge in [0, 0.05) is 30.5 Å². The van der Waals surface area contributed by atoms with E-state index in [4.69, 9.17) is 9.47 Å². The first-order valence-corrected chi connectivity index (χ1v) is 10.6. The van der Waals surface area contributed by atoms with Gasteiger partial charge in [-0.15, -0.1) is 0 Å². The van der Waals surface area contributed by atoms with Crippen LogP contribution in [-0.2, 0) is 9.47 Å². The van der Waals surface area contributed by atoms with E-state index in [0.29, 0.717) is 0 Å². The molecule has 2 unspecified atom stereocenters. The molecule has 0 bridgehead atoms. The Bertz CT molecular complexity index is 660. The Morgan fingerprint density at radius 1 is 0.667 bits per heavy atom. The van der Waals surface area contributed by atoms with Crippen molar-refractivity contribution in [2.24, 2.45) is 17.3 Å². The molecule has 0 amide bonds. The van der Waals surface area contributed by atoms with Crippen LogP contribution in [0.3, 0.4) is 0 Å². The van der Waals surface area contributed by atoms with Crippen molar-refractivity contribution in [3.05, 3.63) is 0 Å². The van der Waals surface area contributed by atoms with Crippen molar-refractivity contribution in [2.75, 3.05) is 31.9 Å². The van der Waals surface area contributed by atoms with Crippen molar-refractivity contribution in [1.29, 1.82) is 0 Å². The highest BCUT2D eigenvalue weighted by molar-refractivity contribution is 14.1. The van der Waals surface area contributed by atoms with Crippen LogP contribution >= 0.6 is 22.6 Å². The summed E-state index contributed by atoms with van der Waals surface area (Å²) in [4.78, 5) is 0. The molecule has 0 radical (unpaired) electrons. The maximum Gasteiger partial charge on any atom is 0.460 e. The number of rotatable bonds is 11. The summed E-state index contributed by atoms with van der Waals surface area (Å²) in [6.07, 6.45) is -9.88. The van der Waals surface area contributed by atoms with Crippen molar-refractivity contribution in [1.82, 2.24) is 0 Å². The summed E-state index contributed by atoms with van der Waals surface area (Å²) in [6, 6.07) is 0. The SMILES string of the molecule is COCC1(COC)CC(CI)C(CC(F)(F)C(F)(F)C(F)(F)C(F)(F)C(F)(F)C(F)(F)F)C1. The van der Waals surface area contributed by atoms with E-state index in [0.717, 1.165) is 0 Å². The molecule has 0 aromatic carbocycles. The molecule has 0 heterocycles. The van der Waals surface area contributed by atoms with E-state index < -0.39 is 59.5 Å². The van der Waals surface area contributed by atoms with Crippen molar-refractivity contribution < 1.29 is 66.5 Å². The second-order valence-electron chi connectivity index (χ2n) is 8.15. The molecule has 1 aliphatic rings. The summed E-state index contributed by atoms with van der Waals surface area (Å²) in [7, 11) is 2.46. The molecule has 1 aliphatic carbocycles. The maximum absolute atomic E-state index is 14.3. The summed E-state index contributed by atoms with van der Waals surface area (Å²) in [5, 5.41) is 0. The lowest BCUT2D eigenvalue weighted by molar-refractivity contribution is -0.440. The number of hydrogen-bond acceptors (Lipinski definition) is 2. The zero-order chi connectivity index (χ0) is 26.3. The van der Waals surface area contributed by atoms with Crippen molar-refractivity contribution in [3.63, 3.8) is 0 Å². The zero-order valence-corrected chi connectivity index (χ0v) is 19.2. The fourth-order valence-corrected chi connectivity index (χ4v) is 5.13. The van der Waals surface area contributed by atoms with E-state index in [1.165, 1.54) is 14.2 Å². The standard InChI is InChI=1S/C17H20F13IO2/c1-32-7-11(8-33-2)3-9(10(4-11)6-31)5-12(18,19)13(20,21)14(22,23)15(24,25)16(26,27)17(28,29)30/h9-10H,3-8H2,1-2H3. The van der Waals surface area contributed by atoms with Gasteiger partial charge in [0.2, 0.25) is 0 Å². The topological polar surface area (TPSA) is 18.5 Å². The fraction of sp³-hybridized carbons (Fsp3) is 1.00. The molecule has 0 aromatic rings. The predicted molar refractivity (Wildman–Crippen MR) is 96.7 cm³/mol. The molecule has 2 nitrogen and oxygen atoms in total. The van der Waals surface area contributed by atoms with E-state index in [1.54, 1.807) is 22.6 Å². The quantitative estimate of drug-likeness (QED) is 0.141. The van der Waals surface area contributed by atoms with Gasteiger partial charge in [0.15, 0.2) is 0 Å². The van der Waals surface area contributed by atoms with Gasteiger partial charge in [0.1, 0.15) is 0 Å². The number of hydrogen-bond donors (Lipinski definition) is 0. The van der Waals surface area contributed by atoms with E-state index in [1.807, 2.05) is 0 Å². The van der Waals surface area contributed by atoms with E-state index in [2.05, 4.69) is 0 Å². The molecular weight excluding hydrogens is 610 g/mol. The second-order valence-corrected chi connectivity index (χ2v) is 9.03. The van der Waals surface area contributed by atoms with Gasteiger partial charge >= 0.3 is 35.8 Å². The van der Waals surface area contributed by atoms with Gasteiger partial charge in [-0.05, 0) is 24.7 Å². The van der Waals surface area contributed by atoms with Gasteiger partial charge in [-0.3, -0.25) is 0 Å². The minimum absolute atomic E-state index is 0.0396. The summed E-state index contributed by atoms with van der Waals surface area (Å²) in [5.74, 6) is -39.0. The van der Waals surface area contributed by atoms with Gasteiger partial charge < -0.3 is 9.47 Å². The van der Waals surface area contributed by atoms with Crippen LogP contribution in [0.4, 0.5) is 57.1 Å². The first kappa shape index (κ1) is 30.8. The monoisotopic (exact) mass is 630 g/mol. The highest BCUT2D eigenvalue weighted by Gasteiger charge is 2.90. The predicted octanol–water partition coefficient (Wildman–Crippen LogP) is 6.86. The molecule has 2 atom stereocenters. The molecular formula is C17H20F13IO2.